The van der Waals surface area contributed by atoms with Crippen LogP contribution in [-0.4, -0.2) is 50.3 Å². The number of hydrogen-bond acceptors (Lipinski definition) is 3. The van der Waals surface area contributed by atoms with Gasteiger partial charge in [0.05, 0.1) is 19.3 Å². The molecule has 0 saturated carbocycles. The molecular weight excluding hydrogens is 230 g/mol. The van der Waals surface area contributed by atoms with E-state index in [1.54, 1.807) is 0 Å². The third-order valence-electron chi connectivity index (χ3n) is 2.95. The maximum absolute atomic E-state index is 12.2. The Morgan fingerprint density at radius 2 is 2.22 bits per heavy atom. The van der Waals surface area contributed by atoms with Gasteiger partial charge >= 0.3 is 6.03 Å². The molecule has 1 aromatic carbocycles. The molecule has 0 radical (unpaired) electrons. The molecule has 0 bridgehead atoms. The van der Waals surface area contributed by atoms with Crippen LogP contribution >= 0.6 is 0 Å². The molecule has 1 heterocycles. The van der Waals surface area contributed by atoms with Crippen LogP contribution in [0.4, 0.5) is 10.5 Å². The number of likely N-dealkylation sites (N-methyl/N-ethyl adjacent to an activating group) is 1. The first-order chi connectivity index (χ1) is 8.81. The number of anilines is 1. The van der Waals surface area contributed by atoms with Crippen molar-refractivity contribution >= 4 is 11.7 Å². The van der Waals surface area contributed by atoms with Crippen LogP contribution in [0.3, 0.4) is 0 Å². The molecule has 1 saturated heterocycles. The summed E-state index contributed by atoms with van der Waals surface area (Å²) in [5.74, 6) is 0. The number of carbonyl (C=O) groups excluding carboxylic acids is 1. The number of nitrogens with zero attached hydrogens (tertiary/aromatic N) is 1. The molecule has 2 N–H and O–H groups in total. The van der Waals surface area contributed by atoms with E-state index in [0.717, 1.165) is 12.2 Å². The van der Waals surface area contributed by atoms with E-state index in [1.807, 2.05) is 42.3 Å². The lowest BCUT2D eigenvalue weighted by molar-refractivity contribution is 0.0165. The summed E-state index contributed by atoms with van der Waals surface area (Å²) in [5, 5.41) is 5.99. The Hall–Kier alpha value is -1.59. The summed E-state index contributed by atoms with van der Waals surface area (Å²) in [4.78, 5) is 14.0. The Morgan fingerprint density at radius 3 is 2.94 bits per heavy atom. The minimum atomic E-state index is -0.0650. The second-order valence-corrected chi connectivity index (χ2v) is 4.28. The lowest BCUT2D eigenvalue weighted by Crippen LogP contribution is -2.53. The van der Waals surface area contributed by atoms with E-state index in [2.05, 4.69) is 10.6 Å². The van der Waals surface area contributed by atoms with Crippen molar-refractivity contribution in [3.63, 3.8) is 0 Å². The summed E-state index contributed by atoms with van der Waals surface area (Å²) in [7, 11) is 1.88. The lowest BCUT2D eigenvalue weighted by atomic mass is 10.2. The molecule has 18 heavy (non-hydrogen) atoms. The largest absolute Gasteiger partial charge is 0.377 e. The van der Waals surface area contributed by atoms with E-state index in [0.29, 0.717) is 19.8 Å². The van der Waals surface area contributed by atoms with E-state index in [4.69, 9.17) is 4.74 Å². The monoisotopic (exact) mass is 249 g/mol. The second kappa shape index (κ2) is 6.37. The zero-order valence-electron chi connectivity index (χ0n) is 10.6. The number of rotatable bonds is 3. The molecule has 1 fully saturated rings. The average molecular weight is 249 g/mol. The Morgan fingerprint density at radius 1 is 1.44 bits per heavy atom. The molecule has 1 aliphatic heterocycles. The SMILES string of the molecule is CNCC1COCCN1C(=O)Nc1ccccc1. The van der Waals surface area contributed by atoms with Crippen LogP contribution in [0.2, 0.25) is 0 Å². The van der Waals surface area contributed by atoms with Gasteiger partial charge in [-0.15, -0.1) is 0 Å². The molecule has 0 spiro atoms. The van der Waals surface area contributed by atoms with Crippen molar-refractivity contribution in [1.29, 1.82) is 0 Å². The molecule has 0 aliphatic carbocycles. The first kappa shape index (κ1) is 12.9. The van der Waals surface area contributed by atoms with Crippen LogP contribution in [0.25, 0.3) is 0 Å². The van der Waals surface area contributed by atoms with Crippen molar-refractivity contribution < 1.29 is 9.53 Å². The van der Waals surface area contributed by atoms with Crippen LogP contribution in [0.15, 0.2) is 30.3 Å². The van der Waals surface area contributed by atoms with Gasteiger partial charge < -0.3 is 20.3 Å². The molecule has 5 heteroatoms. The van der Waals surface area contributed by atoms with E-state index in [1.165, 1.54) is 0 Å². The van der Waals surface area contributed by atoms with Gasteiger partial charge in [-0.25, -0.2) is 4.79 Å². The molecule has 5 nitrogen and oxygen atoms in total. The normalized spacial score (nSPS) is 19.6. The molecule has 98 valence electrons. The summed E-state index contributed by atoms with van der Waals surface area (Å²) in [6.45, 7) is 2.55. The van der Waals surface area contributed by atoms with Crippen molar-refractivity contribution in [1.82, 2.24) is 10.2 Å². The number of carbonyl (C=O) groups is 1. The fraction of sp³-hybridized carbons (Fsp3) is 0.462. The van der Waals surface area contributed by atoms with E-state index in [-0.39, 0.29) is 12.1 Å². The Kier molecular flexibility index (Phi) is 4.55. The molecule has 2 rings (SSSR count). The molecule has 1 unspecified atom stereocenters. The fourth-order valence-electron chi connectivity index (χ4n) is 2.04. The van der Waals surface area contributed by atoms with Gasteiger partial charge in [0.2, 0.25) is 0 Å². The highest BCUT2D eigenvalue weighted by molar-refractivity contribution is 5.89. The number of urea groups is 1. The van der Waals surface area contributed by atoms with Gasteiger partial charge in [-0.05, 0) is 19.2 Å². The number of benzene rings is 1. The van der Waals surface area contributed by atoms with Gasteiger partial charge in [0, 0.05) is 18.8 Å². The number of hydrogen-bond donors (Lipinski definition) is 2. The summed E-state index contributed by atoms with van der Waals surface area (Å²) >= 11 is 0. The maximum Gasteiger partial charge on any atom is 0.322 e. The zero-order chi connectivity index (χ0) is 12.8. The summed E-state index contributed by atoms with van der Waals surface area (Å²) in [6, 6.07) is 9.52. The summed E-state index contributed by atoms with van der Waals surface area (Å²) in [6.07, 6.45) is 0. The predicted molar refractivity (Wildman–Crippen MR) is 70.7 cm³/mol. The second-order valence-electron chi connectivity index (χ2n) is 4.28. The average Bonchev–Trinajstić information content (AvgIpc) is 2.41. The predicted octanol–water partition coefficient (Wildman–Crippen LogP) is 1.14. The fourth-order valence-corrected chi connectivity index (χ4v) is 2.04. The van der Waals surface area contributed by atoms with Crippen molar-refractivity contribution in [3.8, 4) is 0 Å². The van der Waals surface area contributed by atoms with Gasteiger partial charge in [-0.1, -0.05) is 18.2 Å². The number of morpholine rings is 1. The summed E-state index contributed by atoms with van der Waals surface area (Å²) in [5.41, 5.74) is 0.817. The number of amides is 2. The van der Waals surface area contributed by atoms with Crippen LogP contribution in [-0.2, 0) is 4.74 Å². The van der Waals surface area contributed by atoms with Crippen molar-refractivity contribution in [3.05, 3.63) is 30.3 Å². The molecule has 0 aromatic heterocycles. The van der Waals surface area contributed by atoms with Crippen molar-refractivity contribution in [2.45, 2.75) is 6.04 Å². The van der Waals surface area contributed by atoms with Gasteiger partial charge in [-0.3, -0.25) is 0 Å². The first-order valence-corrected chi connectivity index (χ1v) is 6.16. The van der Waals surface area contributed by atoms with Gasteiger partial charge in [0.25, 0.3) is 0 Å². The third-order valence-corrected chi connectivity index (χ3v) is 2.95. The quantitative estimate of drug-likeness (QED) is 0.844. The highest BCUT2D eigenvalue weighted by atomic mass is 16.5. The smallest absolute Gasteiger partial charge is 0.322 e. The van der Waals surface area contributed by atoms with Crippen LogP contribution in [0, 0.1) is 0 Å². The molecule has 1 aromatic rings. The number of nitrogens with one attached hydrogen (secondary N) is 2. The third kappa shape index (κ3) is 3.21. The zero-order valence-corrected chi connectivity index (χ0v) is 10.6. The standard InChI is InChI=1S/C13H19N3O2/c1-14-9-12-10-18-8-7-16(12)13(17)15-11-5-3-2-4-6-11/h2-6,12,14H,7-10H2,1H3,(H,15,17). The highest BCUT2D eigenvalue weighted by Crippen LogP contribution is 2.11. The number of ether oxygens (including phenoxy) is 1. The highest BCUT2D eigenvalue weighted by Gasteiger charge is 2.26. The number of para-hydroxylation sites is 1. The topological polar surface area (TPSA) is 53.6 Å². The lowest BCUT2D eigenvalue weighted by Gasteiger charge is -2.35. The van der Waals surface area contributed by atoms with Crippen molar-refractivity contribution in [2.24, 2.45) is 0 Å². The first-order valence-electron chi connectivity index (χ1n) is 6.16. The van der Waals surface area contributed by atoms with Crippen LogP contribution in [0.5, 0.6) is 0 Å². The van der Waals surface area contributed by atoms with E-state index in [9.17, 15) is 4.79 Å². The summed E-state index contributed by atoms with van der Waals surface area (Å²) < 4.78 is 5.40. The Labute approximate surface area is 107 Å². The van der Waals surface area contributed by atoms with Gasteiger partial charge in [0.15, 0.2) is 0 Å². The van der Waals surface area contributed by atoms with Crippen LogP contribution in [0.1, 0.15) is 0 Å². The Bertz CT molecular complexity index is 381. The molecule has 1 atom stereocenters. The van der Waals surface area contributed by atoms with Crippen molar-refractivity contribution in [2.75, 3.05) is 38.7 Å². The van der Waals surface area contributed by atoms with Gasteiger partial charge in [-0.2, -0.15) is 0 Å². The molecule has 1 aliphatic rings. The molecular formula is C13H19N3O2. The van der Waals surface area contributed by atoms with E-state index < -0.39 is 0 Å². The molecule has 2 amide bonds. The van der Waals surface area contributed by atoms with E-state index >= 15 is 0 Å². The van der Waals surface area contributed by atoms with Gasteiger partial charge in [0.1, 0.15) is 0 Å². The van der Waals surface area contributed by atoms with Crippen LogP contribution < -0.4 is 10.6 Å². The maximum atomic E-state index is 12.2. The minimum absolute atomic E-state index is 0.0650. The minimum Gasteiger partial charge on any atom is -0.377 e. The Balaban J connectivity index is 1.98.